The summed E-state index contributed by atoms with van der Waals surface area (Å²) >= 11 is 6.09. The Labute approximate surface area is 165 Å². The fourth-order valence-corrected chi connectivity index (χ4v) is 2.94. The number of rotatable bonds is 5. The number of hydrogen-bond donors (Lipinski definition) is 2. The van der Waals surface area contributed by atoms with Gasteiger partial charge in [0.15, 0.2) is 0 Å². The van der Waals surface area contributed by atoms with Gasteiger partial charge in [0.25, 0.3) is 5.91 Å². The highest BCUT2D eigenvalue weighted by Crippen LogP contribution is 2.32. The number of carbonyl (C=O) groups excluding carboxylic acids is 1. The molecule has 144 valence electrons. The highest BCUT2D eigenvalue weighted by atomic mass is 35.5. The third kappa shape index (κ3) is 4.23. The van der Waals surface area contributed by atoms with Crippen molar-refractivity contribution in [2.75, 3.05) is 5.32 Å². The molecule has 3 rings (SSSR count). The number of fused-ring (bicyclic) bond motifs is 1. The van der Waals surface area contributed by atoms with Gasteiger partial charge in [0, 0.05) is 11.6 Å². The minimum absolute atomic E-state index is 0.0664. The molecule has 0 aromatic heterocycles. The Morgan fingerprint density at radius 2 is 1.75 bits per heavy atom. The van der Waals surface area contributed by atoms with Gasteiger partial charge < -0.3 is 15.2 Å². The number of anilines is 1. The lowest BCUT2D eigenvalue weighted by molar-refractivity contribution is 0.0698. The number of hydrogen-bond acceptors (Lipinski definition) is 3. The second-order valence-electron chi connectivity index (χ2n) is 6.46. The standard InChI is InChI=1S/C21H17ClFNO4/c1-11(2)28-19-10-18(16(21(26)27)9-17(19)22)24-20(25)14-4-3-13-8-15(23)6-5-12(13)7-14/h3-11H,1-2H3,(H,24,25)(H,26,27). The summed E-state index contributed by atoms with van der Waals surface area (Å²) in [7, 11) is 0. The molecule has 2 N–H and O–H groups in total. The first kappa shape index (κ1) is 19.6. The number of halogens is 2. The molecular formula is C21H17ClFNO4. The van der Waals surface area contributed by atoms with Crippen LogP contribution >= 0.6 is 11.6 Å². The monoisotopic (exact) mass is 401 g/mol. The molecule has 0 unspecified atom stereocenters. The molecule has 0 aliphatic carbocycles. The summed E-state index contributed by atoms with van der Waals surface area (Å²) in [6, 6.07) is 11.6. The van der Waals surface area contributed by atoms with Crippen molar-refractivity contribution in [2.45, 2.75) is 20.0 Å². The molecule has 0 aliphatic heterocycles. The van der Waals surface area contributed by atoms with Crippen LogP contribution in [0.4, 0.5) is 10.1 Å². The molecule has 3 aromatic rings. The predicted octanol–water partition coefficient (Wildman–Crippen LogP) is 5.37. The summed E-state index contributed by atoms with van der Waals surface area (Å²) in [6.07, 6.45) is -0.183. The summed E-state index contributed by atoms with van der Waals surface area (Å²) in [6.45, 7) is 3.61. The average molecular weight is 402 g/mol. The van der Waals surface area contributed by atoms with Crippen molar-refractivity contribution in [1.29, 1.82) is 0 Å². The van der Waals surface area contributed by atoms with E-state index in [1.807, 2.05) is 0 Å². The molecule has 0 aliphatic rings. The van der Waals surface area contributed by atoms with E-state index >= 15 is 0 Å². The van der Waals surface area contributed by atoms with E-state index in [0.717, 1.165) is 0 Å². The van der Waals surface area contributed by atoms with E-state index in [9.17, 15) is 19.1 Å². The van der Waals surface area contributed by atoms with Gasteiger partial charge in [0.2, 0.25) is 0 Å². The smallest absolute Gasteiger partial charge is 0.337 e. The molecule has 5 nitrogen and oxygen atoms in total. The van der Waals surface area contributed by atoms with E-state index in [1.54, 1.807) is 38.1 Å². The lowest BCUT2D eigenvalue weighted by Gasteiger charge is -2.15. The van der Waals surface area contributed by atoms with E-state index in [-0.39, 0.29) is 33.9 Å². The van der Waals surface area contributed by atoms with E-state index in [0.29, 0.717) is 16.3 Å². The molecule has 0 atom stereocenters. The number of nitrogens with one attached hydrogen (secondary N) is 1. The first-order chi connectivity index (χ1) is 13.2. The average Bonchev–Trinajstić information content (AvgIpc) is 2.63. The third-order valence-corrected chi connectivity index (χ3v) is 4.27. The third-order valence-electron chi connectivity index (χ3n) is 3.98. The van der Waals surface area contributed by atoms with Gasteiger partial charge in [-0.1, -0.05) is 23.7 Å². The summed E-state index contributed by atoms with van der Waals surface area (Å²) in [5.41, 5.74) is 0.214. The fourth-order valence-electron chi connectivity index (χ4n) is 2.73. The molecule has 3 aromatic carbocycles. The van der Waals surface area contributed by atoms with Crippen LogP contribution in [0.3, 0.4) is 0 Å². The predicted molar refractivity (Wildman–Crippen MR) is 106 cm³/mol. The lowest BCUT2D eigenvalue weighted by Crippen LogP contribution is -2.15. The largest absolute Gasteiger partial charge is 0.489 e. The van der Waals surface area contributed by atoms with E-state index in [2.05, 4.69) is 5.32 Å². The quantitative estimate of drug-likeness (QED) is 0.602. The highest BCUT2D eigenvalue weighted by Gasteiger charge is 2.18. The van der Waals surface area contributed by atoms with Crippen LogP contribution < -0.4 is 10.1 Å². The summed E-state index contributed by atoms with van der Waals surface area (Å²) in [5.74, 6) is -1.84. The Hall–Kier alpha value is -3.12. The van der Waals surface area contributed by atoms with Crippen LogP contribution in [-0.2, 0) is 0 Å². The number of ether oxygens (including phenoxy) is 1. The van der Waals surface area contributed by atoms with Crippen LogP contribution in [0.15, 0.2) is 48.5 Å². The zero-order valence-electron chi connectivity index (χ0n) is 15.1. The Morgan fingerprint density at radius 1 is 1.07 bits per heavy atom. The van der Waals surface area contributed by atoms with Crippen molar-refractivity contribution >= 4 is 39.9 Å². The minimum Gasteiger partial charge on any atom is -0.489 e. The van der Waals surface area contributed by atoms with Crippen LogP contribution in [0, 0.1) is 5.82 Å². The topological polar surface area (TPSA) is 75.6 Å². The Balaban J connectivity index is 1.96. The van der Waals surface area contributed by atoms with Gasteiger partial charge in [-0.25, -0.2) is 9.18 Å². The zero-order valence-corrected chi connectivity index (χ0v) is 15.9. The van der Waals surface area contributed by atoms with Gasteiger partial charge in [-0.3, -0.25) is 4.79 Å². The maximum absolute atomic E-state index is 13.3. The van der Waals surface area contributed by atoms with Crippen LogP contribution in [0.25, 0.3) is 10.8 Å². The van der Waals surface area contributed by atoms with Crippen LogP contribution in [0.5, 0.6) is 5.75 Å². The van der Waals surface area contributed by atoms with Gasteiger partial charge >= 0.3 is 5.97 Å². The summed E-state index contributed by atoms with van der Waals surface area (Å²) in [5, 5.41) is 13.5. The normalized spacial score (nSPS) is 10.9. The van der Waals surface area contributed by atoms with Gasteiger partial charge in [-0.05, 0) is 55.0 Å². The first-order valence-electron chi connectivity index (χ1n) is 8.49. The molecule has 7 heteroatoms. The van der Waals surface area contributed by atoms with Crippen molar-refractivity contribution in [3.05, 3.63) is 70.5 Å². The Bertz CT molecular complexity index is 1080. The Kier molecular flexibility index (Phi) is 5.51. The van der Waals surface area contributed by atoms with Crippen molar-refractivity contribution < 1.29 is 23.8 Å². The SMILES string of the molecule is CC(C)Oc1cc(NC(=O)c2ccc3cc(F)ccc3c2)c(C(=O)O)cc1Cl. The summed E-state index contributed by atoms with van der Waals surface area (Å²) in [4.78, 5) is 24.2. The van der Waals surface area contributed by atoms with Crippen LogP contribution in [-0.4, -0.2) is 23.1 Å². The molecule has 1 amide bonds. The van der Waals surface area contributed by atoms with E-state index in [1.165, 1.54) is 24.3 Å². The fraction of sp³-hybridized carbons (Fsp3) is 0.143. The maximum atomic E-state index is 13.3. The Morgan fingerprint density at radius 3 is 2.43 bits per heavy atom. The highest BCUT2D eigenvalue weighted by molar-refractivity contribution is 6.32. The van der Waals surface area contributed by atoms with Crippen molar-refractivity contribution in [3.8, 4) is 5.75 Å². The van der Waals surface area contributed by atoms with Crippen molar-refractivity contribution in [2.24, 2.45) is 0 Å². The number of benzene rings is 3. The van der Waals surface area contributed by atoms with Gasteiger partial charge in [-0.15, -0.1) is 0 Å². The van der Waals surface area contributed by atoms with Gasteiger partial charge in [0.05, 0.1) is 22.4 Å². The molecule has 0 bridgehead atoms. The lowest BCUT2D eigenvalue weighted by atomic mass is 10.1. The molecule has 0 saturated carbocycles. The van der Waals surface area contributed by atoms with E-state index < -0.39 is 11.9 Å². The maximum Gasteiger partial charge on any atom is 0.337 e. The van der Waals surface area contributed by atoms with Crippen molar-refractivity contribution in [1.82, 2.24) is 0 Å². The zero-order chi connectivity index (χ0) is 20.4. The van der Waals surface area contributed by atoms with Gasteiger partial charge in [0.1, 0.15) is 11.6 Å². The molecule has 0 radical (unpaired) electrons. The molecular weight excluding hydrogens is 385 g/mol. The minimum atomic E-state index is -1.23. The molecule has 0 spiro atoms. The second-order valence-corrected chi connectivity index (χ2v) is 6.87. The number of carbonyl (C=O) groups is 2. The number of amides is 1. The van der Waals surface area contributed by atoms with Crippen LogP contribution in [0.1, 0.15) is 34.6 Å². The number of carboxylic acids is 1. The molecule has 0 saturated heterocycles. The summed E-state index contributed by atoms with van der Waals surface area (Å²) < 4.78 is 18.9. The van der Waals surface area contributed by atoms with Crippen LogP contribution in [0.2, 0.25) is 5.02 Å². The molecule has 0 heterocycles. The second kappa shape index (κ2) is 7.86. The van der Waals surface area contributed by atoms with Crippen molar-refractivity contribution in [3.63, 3.8) is 0 Å². The first-order valence-corrected chi connectivity index (χ1v) is 8.86. The molecule has 0 fully saturated rings. The number of aromatic carboxylic acids is 1. The molecule has 28 heavy (non-hydrogen) atoms. The van der Waals surface area contributed by atoms with Gasteiger partial charge in [-0.2, -0.15) is 0 Å². The number of carboxylic acid groups (broad SMARTS) is 1. The van der Waals surface area contributed by atoms with E-state index in [4.69, 9.17) is 16.3 Å².